The van der Waals surface area contributed by atoms with E-state index in [2.05, 4.69) is 15.8 Å². The summed E-state index contributed by atoms with van der Waals surface area (Å²) in [6.45, 7) is 0. The van der Waals surface area contributed by atoms with Crippen molar-refractivity contribution in [1.82, 2.24) is 10.6 Å². The summed E-state index contributed by atoms with van der Waals surface area (Å²) in [7, 11) is 0. The van der Waals surface area contributed by atoms with Crippen LogP contribution in [0, 0.1) is 5.92 Å². The molecule has 0 bridgehead atoms. The summed E-state index contributed by atoms with van der Waals surface area (Å²) in [5, 5.41) is 18.0. The monoisotopic (exact) mass is 296 g/mol. The molecule has 2 rings (SSSR count). The van der Waals surface area contributed by atoms with E-state index in [0.29, 0.717) is 0 Å². The fourth-order valence-corrected chi connectivity index (χ4v) is 3.58. The molecule has 2 fully saturated rings. The molecule has 120 valence electrons. The standard InChI is InChI=1S/C15H28N4O2/c16-14(19-21)13(11-7-3-1-4-8-11)18-15(20)17-12-9-5-2-6-10-12/h11-13,21H,1-10H2,(H2,16,19)(H2,17,18,20). The Morgan fingerprint density at radius 3 is 2.19 bits per heavy atom. The molecule has 2 aliphatic carbocycles. The molecule has 0 saturated heterocycles. The first-order chi connectivity index (χ1) is 10.2. The topological polar surface area (TPSA) is 99.7 Å². The largest absolute Gasteiger partial charge is 0.409 e. The predicted octanol–water partition coefficient (Wildman–Crippen LogP) is 2.31. The molecule has 0 radical (unpaired) electrons. The summed E-state index contributed by atoms with van der Waals surface area (Å²) < 4.78 is 0. The number of nitrogens with zero attached hydrogens (tertiary/aromatic N) is 1. The van der Waals surface area contributed by atoms with Crippen molar-refractivity contribution >= 4 is 11.9 Å². The summed E-state index contributed by atoms with van der Waals surface area (Å²) in [6.07, 6.45) is 11.3. The Morgan fingerprint density at radius 2 is 1.62 bits per heavy atom. The smallest absolute Gasteiger partial charge is 0.315 e. The number of amides is 2. The number of nitrogens with two attached hydrogens (primary N) is 1. The molecule has 0 aliphatic heterocycles. The number of rotatable bonds is 4. The lowest BCUT2D eigenvalue weighted by Gasteiger charge is -2.31. The summed E-state index contributed by atoms with van der Waals surface area (Å²) in [6, 6.07) is -0.291. The molecular weight excluding hydrogens is 268 g/mol. The Kier molecular flexibility index (Phi) is 6.14. The molecule has 6 heteroatoms. The van der Waals surface area contributed by atoms with Gasteiger partial charge in [0.05, 0.1) is 6.04 Å². The van der Waals surface area contributed by atoms with Crippen molar-refractivity contribution in [2.75, 3.05) is 0 Å². The summed E-state index contributed by atoms with van der Waals surface area (Å²) >= 11 is 0. The molecule has 1 unspecified atom stereocenters. The summed E-state index contributed by atoms with van der Waals surface area (Å²) in [4.78, 5) is 12.2. The Bertz CT molecular complexity index is 361. The maximum atomic E-state index is 12.2. The van der Waals surface area contributed by atoms with E-state index in [4.69, 9.17) is 10.9 Å². The van der Waals surface area contributed by atoms with Crippen molar-refractivity contribution in [3.05, 3.63) is 0 Å². The maximum Gasteiger partial charge on any atom is 0.315 e. The van der Waals surface area contributed by atoms with Gasteiger partial charge in [0, 0.05) is 6.04 Å². The molecule has 0 heterocycles. The molecule has 21 heavy (non-hydrogen) atoms. The van der Waals surface area contributed by atoms with E-state index in [1.807, 2.05) is 0 Å². The molecule has 0 aromatic carbocycles. The third kappa shape index (κ3) is 4.79. The fraction of sp³-hybridized carbons (Fsp3) is 0.867. The molecule has 2 amide bonds. The van der Waals surface area contributed by atoms with Crippen LogP contribution in [0.4, 0.5) is 4.79 Å². The van der Waals surface area contributed by atoms with E-state index in [1.165, 1.54) is 25.7 Å². The van der Waals surface area contributed by atoms with Crippen LogP contribution >= 0.6 is 0 Å². The highest BCUT2D eigenvalue weighted by Gasteiger charge is 2.29. The second kappa shape index (κ2) is 8.10. The molecule has 2 aliphatic rings. The SMILES string of the molecule is N/C(=N/O)C(NC(=O)NC1CCCCC1)C1CCCCC1. The van der Waals surface area contributed by atoms with Crippen LogP contribution < -0.4 is 16.4 Å². The quantitative estimate of drug-likeness (QED) is 0.277. The number of urea groups is 1. The van der Waals surface area contributed by atoms with Gasteiger partial charge < -0.3 is 21.6 Å². The van der Waals surface area contributed by atoms with E-state index >= 15 is 0 Å². The van der Waals surface area contributed by atoms with Crippen LogP contribution in [-0.4, -0.2) is 29.2 Å². The minimum atomic E-state index is -0.362. The summed E-state index contributed by atoms with van der Waals surface area (Å²) in [5.74, 6) is 0.382. The molecule has 1 atom stereocenters. The van der Waals surface area contributed by atoms with Crippen molar-refractivity contribution in [2.24, 2.45) is 16.8 Å². The second-order valence-electron chi connectivity index (χ2n) is 6.35. The van der Waals surface area contributed by atoms with Crippen LogP contribution in [0.2, 0.25) is 0 Å². The van der Waals surface area contributed by atoms with Gasteiger partial charge in [0.15, 0.2) is 5.84 Å². The van der Waals surface area contributed by atoms with Gasteiger partial charge in [-0.3, -0.25) is 0 Å². The van der Waals surface area contributed by atoms with Gasteiger partial charge in [-0.25, -0.2) is 4.79 Å². The van der Waals surface area contributed by atoms with E-state index < -0.39 is 0 Å². The van der Waals surface area contributed by atoms with Gasteiger partial charge in [0.25, 0.3) is 0 Å². The predicted molar refractivity (Wildman–Crippen MR) is 82.3 cm³/mol. The van der Waals surface area contributed by atoms with Gasteiger partial charge in [0.1, 0.15) is 0 Å². The average Bonchev–Trinajstić information content (AvgIpc) is 2.53. The van der Waals surface area contributed by atoms with Gasteiger partial charge in [-0.15, -0.1) is 0 Å². The van der Waals surface area contributed by atoms with Crippen molar-refractivity contribution in [3.63, 3.8) is 0 Å². The third-order valence-corrected chi connectivity index (χ3v) is 4.78. The first-order valence-corrected chi connectivity index (χ1v) is 8.25. The molecule has 0 aromatic heterocycles. The Hall–Kier alpha value is -1.46. The van der Waals surface area contributed by atoms with E-state index in [-0.39, 0.29) is 29.9 Å². The molecule has 5 N–H and O–H groups in total. The molecule has 0 aromatic rings. The Morgan fingerprint density at radius 1 is 1.05 bits per heavy atom. The van der Waals surface area contributed by atoms with E-state index in [9.17, 15) is 4.79 Å². The van der Waals surface area contributed by atoms with Gasteiger partial charge in [0.2, 0.25) is 0 Å². The van der Waals surface area contributed by atoms with Crippen LogP contribution in [0.3, 0.4) is 0 Å². The average molecular weight is 296 g/mol. The lowest BCUT2D eigenvalue weighted by Crippen LogP contribution is -2.54. The van der Waals surface area contributed by atoms with Crippen molar-refractivity contribution in [3.8, 4) is 0 Å². The van der Waals surface area contributed by atoms with Crippen molar-refractivity contribution in [2.45, 2.75) is 76.3 Å². The van der Waals surface area contributed by atoms with Crippen LogP contribution in [0.15, 0.2) is 5.16 Å². The maximum absolute atomic E-state index is 12.2. The Labute approximate surface area is 126 Å². The Balaban J connectivity index is 1.89. The lowest BCUT2D eigenvalue weighted by atomic mass is 9.83. The second-order valence-corrected chi connectivity index (χ2v) is 6.35. The highest BCUT2D eigenvalue weighted by molar-refractivity contribution is 5.89. The van der Waals surface area contributed by atoms with E-state index in [1.54, 1.807) is 0 Å². The van der Waals surface area contributed by atoms with Crippen molar-refractivity contribution in [1.29, 1.82) is 0 Å². The number of hydrogen-bond acceptors (Lipinski definition) is 3. The number of oxime groups is 1. The van der Waals surface area contributed by atoms with Gasteiger partial charge >= 0.3 is 6.03 Å². The van der Waals surface area contributed by atoms with Crippen LogP contribution in [0.1, 0.15) is 64.2 Å². The van der Waals surface area contributed by atoms with Gasteiger partial charge in [-0.1, -0.05) is 43.7 Å². The number of hydrogen-bond donors (Lipinski definition) is 4. The molecule has 2 saturated carbocycles. The minimum absolute atomic E-state index is 0.112. The first kappa shape index (κ1) is 15.9. The number of amidine groups is 1. The molecular formula is C15H28N4O2. The van der Waals surface area contributed by atoms with Crippen molar-refractivity contribution < 1.29 is 10.0 Å². The van der Waals surface area contributed by atoms with Gasteiger partial charge in [-0.2, -0.15) is 0 Å². The van der Waals surface area contributed by atoms with Crippen LogP contribution in [-0.2, 0) is 0 Å². The number of carbonyl (C=O) groups is 1. The fourth-order valence-electron chi connectivity index (χ4n) is 3.58. The highest BCUT2D eigenvalue weighted by Crippen LogP contribution is 2.26. The highest BCUT2D eigenvalue weighted by atomic mass is 16.4. The third-order valence-electron chi connectivity index (χ3n) is 4.78. The lowest BCUT2D eigenvalue weighted by molar-refractivity contribution is 0.222. The van der Waals surface area contributed by atoms with Crippen LogP contribution in [0.25, 0.3) is 0 Å². The number of carbonyl (C=O) groups excluding carboxylic acids is 1. The zero-order valence-corrected chi connectivity index (χ0v) is 12.7. The normalized spacial score (nSPS) is 23.5. The zero-order valence-electron chi connectivity index (χ0n) is 12.7. The first-order valence-electron chi connectivity index (χ1n) is 8.25. The molecule has 6 nitrogen and oxygen atoms in total. The molecule has 0 spiro atoms. The van der Waals surface area contributed by atoms with Gasteiger partial charge in [-0.05, 0) is 31.6 Å². The van der Waals surface area contributed by atoms with E-state index in [0.717, 1.165) is 38.5 Å². The summed E-state index contributed by atoms with van der Waals surface area (Å²) in [5.41, 5.74) is 5.79. The number of nitrogens with one attached hydrogen (secondary N) is 2. The van der Waals surface area contributed by atoms with Crippen LogP contribution in [0.5, 0.6) is 0 Å². The zero-order chi connectivity index (χ0) is 15.1. The minimum Gasteiger partial charge on any atom is -0.409 e.